The van der Waals surface area contributed by atoms with Gasteiger partial charge in [0.05, 0.1) is 0 Å². The molecule has 2 rings (SSSR count). The molecule has 2 nitrogen and oxygen atoms in total. The van der Waals surface area contributed by atoms with Gasteiger partial charge in [-0.2, -0.15) is 0 Å². The Morgan fingerprint density at radius 2 is 1.88 bits per heavy atom. The minimum atomic E-state index is 0.0881. The van der Waals surface area contributed by atoms with Gasteiger partial charge >= 0.3 is 0 Å². The number of anilines is 1. The highest BCUT2D eigenvalue weighted by Gasteiger charge is 2.12. The molecule has 1 aliphatic heterocycles. The summed E-state index contributed by atoms with van der Waals surface area (Å²) >= 11 is 0. The van der Waals surface area contributed by atoms with E-state index in [0.29, 0.717) is 0 Å². The Labute approximate surface area is 97.8 Å². The van der Waals surface area contributed by atoms with Crippen LogP contribution in [0.4, 0.5) is 5.69 Å². The molecule has 86 valence electrons. The van der Waals surface area contributed by atoms with E-state index in [1.54, 1.807) is 0 Å². The second-order valence-electron chi connectivity index (χ2n) is 4.42. The van der Waals surface area contributed by atoms with Crippen LogP contribution in [-0.4, -0.2) is 13.1 Å². The molecule has 16 heavy (non-hydrogen) atoms. The highest BCUT2D eigenvalue weighted by Crippen LogP contribution is 2.22. The lowest BCUT2D eigenvalue weighted by atomic mass is 10.0. The van der Waals surface area contributed by atoms with Crippen molar-refractivity contribution in [1.29, 1.82) is 0 Å². The first-order valence-corrected chi connectivity index (χ1v) is 6.02. The number of hydrogen-bond acceptors (Lipinski definition) is 2. The van der Waals surface area contributed by atoms with Gasteiger partial charge < -0.3 is 10.6 Å². The van der Waals surface area contributed by atoms with Gasteiger partial charge in [0, 0.05) is 24.8 Å². The molecule has 1 saturated heterocycles. The molecule has 0 saturated carbocycles. The van der Waals surface area contributed by atoms with Crippen LogP contribution in [-0.2, 0) is 0 Å². The van der Waals surface area contributed by atoms with Crippen LogP contribution in [0, 0.1) is 0 Å². The highest BCUT2D eigenvalue weighted by atomic mass is 15.1. The molecule has 0 aliphatic carbocycles. The van der Waals surface area contributed by atoms with Gasteiger partial charge in [0.25, 0.3) is 0 Å². The number of nitrogens with two attached hydrogens (primary N) is 1. The van der Waals surface area contributed by atoms with Crippen LogP contribution in [0.3, 0.4) is 0 Å². The third kappa shape index (κ3) is 2.45. The van der Waals surface area contributed by atoms with E-state index < -0.39 is 0 Å². The molecule has 2 N–H and O–H groups in total. The van der Waals surface area contributed by atoms with E-state index in [0.717, 1.165) is 6.42 Å². The van der Waals surface area contributed by atoms with Crippen LogP contribution in [0.15, 0.2) is 36.9 Å². The van der Waals surface area contributed by atoms with Crippen LogP contribution in [0.5, 0.6) is 0 Å². The van der Waals surface area contributed by atoms with Gasteiger partial charge in [-0.05, 0) is 37.0 Å². The van der Waals surface area contributed by atoms with Crippen molar-refractivity contribution in [2.75, 3.05) is 18.0 Å². The first-order chi connectivity index (χ1) is 7.81. The first-order valence-electron chi connectivity index (χ1n) is 6.02. The molecule has 0 bridgehead atoms. The van der Waals surface area contributed by atoms with Gasteiger partial charge in [0.2, 0.25) is 0 Å². The summed E-state index contributed by atoms with van der Waals surface area (Å²) in [7, 11) is 0. The summed E-state index contributed by atoms with van der Waals surface area (Å²) < 4.78 is 0. The van der Waals surface area contributed by atoms with Crippen LogP contribution in [0.25, 0.3) is 0 Å². The lowest BCUT2D eigenvalue weighted by molar-refractivity contribution is 0.741. The Balaban J connectivity index is 2.06. The highest BCUT2D eigenvalue weighted by molar-refractivity contribution is 5.48. The van der Waals surface area contributed by atoms with Crippen molar-refractivity contribution >= 4 is 5.69 Å². The van der Waals surface area contributed by atoms with Crippen molar-refractivity contribution in [3.63, 3.8) is 0 Å². The Morgan fingerprint density at radius 3 is 2.44 bits per heavy atom. The van der Waals surface area contributed by atoms with E-state index in [4.69, 9.17) is 5.73 Å². The molecule has 0 radical (unpaired) electrons. The van der Waals surface area contributed by atoms with Crippen molar-refractivity contribution in [1.82, 2.24) is 0 Å². The van der Waals surface area contributed by atoms with Crippen molar-refractivity contribution < 1.29 is 0 Å². The predicted octanol–water partition coefficient (Wildman–Crippen LogP) is 2.86. The first kappa shape index (κ1) is 11.2. The molecule has 1 aromatic carbocycles. The van der Waals surface area contributed by atoms with Crippen molar-refractivity contribution in [2.45, 2.75) is 25.3 Å². The van der Waals surface area contributed by atoms with E-state index >= 15 is 0 Å². The molecule has 1 aliphatic rings. The zero-order valence-corrected chi connectivity index (χ0v) is 9.73. The molecular weight excluding hydrogens is 196 g/mol. The fourth-order valence-electron chi connectivity index (χ4n) is 2.22. The Hall–Kier alpha value is -1.28. The number of nitrogens with zero attached hydrogens (tertiary/aromatic N) is 1. The van der Waals surface area contributed by atoms with Crippen molar-refractivity contribution in [3.05, 3.63) is 42.5 Å². The van der Waals surface area contributed by atoms with Crippen LogP contribution >= 0.6 is 0 Å². The van der Waals surface area contributed by atoms with Gasteiger partial charge in [0.1, 0.15) is 0 Å². The Morgan fingerprint density at radius 1 is 1.25 bits per heavy atom. The van der Waals surface area contributed by atoms with E-state index in [1.165, 1.54) is 37.2 Å². The van der Waals surface area contributed by atoms with Gasteiger partial charge in [-0.1, -0.05) is 18.2 Å². The van der Waals surface area contributed by atoms with E-state index in [2.05, 4.69) is 35.7 Å². The lowest BCUT2D eigenvalue weighted by Gasteiger charge is -2.18. The zero-order valence-electron chi connectivity index (χ0n) is 9.73. The summed E-state index contributed by atoms with van der Waals surface area (Å²) in [6, 6.07) is 8.74. The maximum absolute atomic E-state index is 6.02. The Kier molecular flexibility index (Phi) is 3.62. The monoisotopic (exact) mass is 216 g/mol. The van der Waals surface area contributed by atoms with Gasteiger partial charge in [-0.3, -0.25) is 0 Å². The lowest BCUT2D eigenvalue weighted by Crippen LogP contribution is -2.17. The molecule has 0 amide bonds. The number of benzene rings is 1. The fraction of sp³-hybridized carbons (Fsp3) is 0.429. The molecule has 1 atom stereocenters. The minimum absolute atomic E-state index is 0.0881. The molecular formula is C14H20N2. The minimum Gasteiger partial charge on any atom is -0.372 e. The molecule has 0 aromatic heterocycles. The largest absolute Gasteiger partial charge is 0.372 e. The fourth-order valence-corrected chi connectivity index (χ4v) is 2.22. The SMILES string of the molecule is C=CC[C@@H](N)c1ccc(N2CCCC2)cc1. The molecule has 0 unspecified atom stereocenters. The number of hydrogen-bond donors (Lipinski definition) is 1. The summed E-state index contributed by atoms with van der Waals surface area (Å²) in [5.74, 6) is 0. The van der Waals surface area contributed by atoms with Crippen LogP contribution in [0.2, 0.25) is 0 Å². The maximum atomic E-state index is 6.02. The van der Waals surface area contributed by atoms with Crippen LogP contribution in [0.1, 0.15) is 30.9 Å². The number of rotatable bonds is 4. The molecule has 1 fully saturated rings. The molecule has 2 heteroatoms. The van der Waals surface area contributed by atoms with E-state index in [-0.39, 0.29) is 6.04 Å². The summed E-state index contributed by atoms with van der Waals surface area (Å²) in [4.78, 5) is 2.43. The van der Waals surface area contributed by atoms with Gasteiger partial charge in [-0.25, -0.2) is 0 Å². The average Bonchev–Trinajstić information content (AvgIpc) is 2.83. The van der Waals surface area contributed by atoms with Crippen molar-refractivity contribution in [3.8, 4) is 0 Å². The standard InChI is InChI=1S/C14H20N2/c1-2-5-14(15)12-6-8-13(9-7-12)16-10-3-4-11-16/h2,6-9,14H,1,3-5,10-11,15H2/t14-/m1/s1. The normalized spacial score (nSPS) is 17.4. The Bertz CT molecular complexity index is 336. The third-order valence-corrected chi connectivity index (χ3v) is 3.21. The molecule has 1 aromatic rings. The summed E-state index contributed by atoms with van der Waals surface area (Å²) in [5, 5.41) is 0. The predicted molar refractivity (Wildman–Crippen MR) is 69.6 cm³/mol. The average molecular weight is 216 g/mol. The summed E-state index contributed by atoms with van der Waals surface area (Å²) in [6.07, 6.45) is 5.34. The van der Waals surface area contributed by atoms with Gasteiger partial charge in [0.15, 0.2) is 0 Å². The molecule has 0 spiro atoms. The second-order valence-corrected chi connectivity index (χ2v) is 4.42. The third-order valence-electron chi connectivity index (χ3n) is 3.21. The maximum Gasteiger partial charge on any atom is 0.0366 e. The smallest absolute Gasteiger partial charge is 0.0366 e. The topological polar surface area (TPSA) is 29.3 Å². The van der Waals surface area contributed by atoms with E-state index in [1.807, 2.05) is 6.08 Å². The zero-order chi connectivity index (χ0) is 11.4. The summed E-state index contributed by atoms with van der Waals surface area (Å²) in [5.41, 5.74) is 8.55. The van der Waals surface area contributed by atoms with Crippen LogP contribution < -0.4 is 10.6 Å². The summed E-state index contributed by atoms with van der Waals surface area (Å²) in [6.45, 7) is 6.10. The van der Waals surface area contributed by atoms with E-state index in [9.17, 15) is 0 Å². The molecule has 1 heterocycles. The van der Waals surface area contributed by atoms with Gasteiger partial charge in [-0.15, -0.1) is 6.58 Å². The quantitative estimate of drug-likeness (QED) is 0.784. The second kappa shape index (κ2) is 5.17. The van der Waals surface area contributed by atoms with Crippen molar-refractivity contribution in [2.24, 2.45) is 5.73 Å².